The monoisotopic (exact) mass is 487 g/mol. The fourth-order valence-electron chi connectivity index (χ4n) is 4.08. The summed E-state index contributed by atoms with van der Waals surface area (Å²) in [7, 11) is 3.13. The number of anilines is 1. The van der Waals surface area contributed by atoms with Gasteiger partial charge in [0, 0.05) is 23.0 Å². The Balaban J connectivity index is 1.48. The molecule has 2 amide bonds. The van der Waals surface area contributed by atoms with E-state index in [1.54, 1.807) is 42.3 Å². The van der Waals surface area contributed by atoms with Gasteiger partial charge in [-0.3, -0.25) is 4.79 Å². The Kier molecular flexibility index (Phi) is 6.36. The highest BCUT2D eigenvalue weighted by molar-refractivity contribution is 5.91. The van der Waals surface area contributed by atoms with Crippen LogP contribution in [0.1, 0.15) is 11.1 Å². The zero-order valence-electron chi connectivity index (χ0n) is 19.9. The molecule has 9 nitrogen and oxygen atoms in total. The van der Waals surface area contributed by atoms with Crippen molar-refractivity contribution in [2.75, 3.05) is 26.3 Å². The number of hydrogen-bond donors (Lipinski definition) is 2. The van der Waals surface area contributed by atoms with Crippen LogP contribution in [-0.2, 0) is 13.1 Å². The molecule has 9 heteroatoms. The predicted octanol–water partition coefficient (Wildman–Crippen LogP) is 4.51. The molecule has 0 fully saturated rings. The van der Waals surface area contributed by atoms with Crippen LogP contribution < -0.4 is 29.8 Å². The summed E-state index contributed by atoms with van der Waals surface area (Å²) in [6.45, 7) is 0.456. The molecule has 0 saturated heterocycles. The number of hydrogen-bond acceptors (Lipinski definition) is 6. The van der Waals surface area contributed by atoms with E-state index < -0.39 is 0 Å². The number of amides is 2. The number of carbonyl (C=O) groups is 1. The first-order valence-corrected chi connectivity index (χ1v) is 11.3. The highest BCUT2D eigenvalue weighted by Gasteiger charge is 2.20. The molecule has 0 radical (unpaired) electrons. The van der Waals surface area contributed by atoms with Crippen LogP contribution in [0.4, 0.5) is 10.5 Å². The number of ether oxygens (including phenoxy) is 4. The third kappa shape index (κ3) is 4.76. The first-order valence-electron chi connectivity index (χ1n) is 11.3. The largest absolute Gasteiger partial charge is 0.497 e. The minimum atomic E-state index is -0.387. The van der Waals surface area contributed by atoms with Crippen molar-refractivity contribution in [3.05, 3.63) is 88.2 Å². The zero-order valence-corrected chi connectivity index (χ0v) is 19.9. The molecule has 1 aliphatic heterocycles. The van der Waals surface area contributed by atoms with E-state index in [1.165, 1.54) is 7.11 Å². The Morgan fingerprint density at radius 1 is 0.972 bits per heavy atom. The molecule has 1 aromatic heterocycles. The molecule has 5 rings (SSSR count). The van der Waals surface area contributed by atoms with Crippen molar-refractivity contribution in [2.24, 2.45) is 0 Å². The number of nitrogens with one attached hydrogen (secondary N) is 2. The van der Waals surface area contributed by atoms with Gasteiger partial charge in [0.15, 0.2) is 11.5 Å². The van der Waals surface area contributed by atoms with Crippen LogP contribution in [-0.4, -0.2) is 36.9 Å². The van der Waals surface area contributed by atoms with Gasteiger partial charge >= 0.3 is 6.03 Å². The molecule has 2 N–H and O–H groups in total. The number of rotatable bonds is 7. The minimum absolute atomic E-state index is 0.0674. The average Bonchev–Trinajstić information content (AvgIpc) is 3.36. The second-order valence-electron chi connectivity index (χ2n) is 8.25. The van der Waals surface area contributed by atoms with Crippen LogP contribution in [0, 0.1) is 0 Å². The van der Waals surface area contributed by atoms with Gasteiger partial charge in [-0.05, 0) is 54.1 Å². The zero-order chi connectivity index (χ0) is 25.1. The fraction of sp³-hybridized carbons (Fsp3) is 0.185. The van der Waals surface area contributed by atoms with E-state index in [0.717, 1.165) is 10.9 Å². The molecule has 0 bridgehead atoms. The molecule has 0 unspecified atom stereocenters. The van der Waals surface area contributed by atoms with Crippen LogP contribution in [0.3, 0.4) is 0 Å². The maximum absolute atomic E-state index is 13.5. The summed E-state index contributed by atoms with van der Waals surface area (Å²) in [5.41, 5.74) is 2.21. The van der Waals surface area contributed by atoms with E-state index >= 15 is 0 Å². The molecule has 0 atom stereocenters. The maximum atomic E-state index is 13.5. The van der Waals surface area contributed by atoms with E-state index in [4.69, 9.17) is 18.9 Å². The second-order valence-corrected chi connectivity index (χ2v) is 8.25. The first-order chi connectivity index (χ1) is 17.5. The Morgan fingerprint density at radius 3 is 2.64 bits per heavy atom. The lowest BCUT2D eigenvalue weighted by Crippen LogP contribution is -2.35. The molecule has 0 aliphatic carbocycles. The standard InChI is InChI=1S/C27H25N3O6/c1-33-20-8-9-21-18(13-20)12-19(26(31)28-21)15-30(14-17-7-10-24-25(11-17)36-16-35-24)27(32)29-22-5-3-4-6-23(22)34-2/h3-13H,14-16H2,1-2H3,(H,28,31)(H,29,32). The molecule has 184 valence electrons. The normalized spacial score (nSPS) is 11.8. The third-order valence-corrected chi connectivity index (χ3v) is 5.94. The Labute approximate surface area is 207 Å². The van der Waals surface area contributed by atoms with Crippen molar-refractivity contribution in [1.29, 1.82) is 0 Å². The molecular weight excluding hydrogens is 462 g/mol. The van der Waals surface area contributed by atoms with E-state index in [-0.39, 0.29) is 31.5 Å². The lowest BCUT2D eigenvalue weighted by Gasteiger charge is -2.24. The number of urea groups is 1. The third-order valence-electron chi connectivity index (χ3n) is 5.94. The van der Waals surface area contributed by atoms with Gasteiger partial charge in [0.2, 0.25) is 6.79 Å². The summed E-state index contributed by atoms with van der Waals surface area (Å²) in [6.07, 6.45) is 0. The van der Waals surface area contributed by atoms with Crippen LogP contribution in [0.15, 0.2) is 71.5 Å². The molecule has 0 spiro atoms. The van der Waals surface area contributed by atoms with Gasteiger partial charge in [0.25, 0.3) is 5.56 Å². The summed E-state index contributed by atoms with van der Waals surface area (Å²) in [5, 5.41) is 3.71. The Hall–Kier alpha value is -4.66. The average molecular weight is 488 g/mol. The Morgan fingerprint density at radius 2 is 1.81 bits per heavy atom. The van der Waals surface area contributed by atoms with E-state index in [9.17, 15) is 9.59 Å². The highest BCUT2D eigenvalue weighted by Crippen LogP contribution is 2.33. The van der Waals surface area contributed by atoms with Gasteiger partial charge in [0.1, 0.15) is 11.5 Å². The lowest BCUT2D eigenvalue weighted by molar-refractivity contribution is 0.174. The van der Waals surface area contributed by atoms with Crippen LogP contribution in [0.2, 0.25) is 0 Å². The summed E-state index contributed by atoms with van der Waals surface area (Å²) in [5.74, 6) is 2.48. The smallest absolute Gasteiger partial charge is 0.322 e. The number of pyridine rings is 1. The first kappa shape index (κ1) is 23.1. The van der Waals surface area contributed by atoms with Crippen molar-refractivity contribution in [1.82, 2.24) is 9.88 Å². The maximum Gasteiger partial charge on any atom is 0.322 e. The number of nitrogens with zero attached hydrogens (tertiary/aromatic N) is 1. The number of H-pyrrole nitrogens is 1. The SMILES string of the molecule is COc1ccc2[nH]c(=O)c(CN(Cc3ccc4c(c3)OCO4)C(=O)Nc3ccccc3OC)cc2c1. The van der Waals surface area contributed by atoms with Gasteiger partial charge < -0.3 is 34.1 Å². The highest BCUT2D eigenvalue weighted by atomic mass is 16.7. The number of para-hydroxylation sites is 2. The van der Waals surface area contributed by atoms with Crippen molar-refractivity contribution < 1.29 is 23.7 Å². The van der Waals surface area contributed by atoms with E-state index in [2.05, 4.69) is 10.3 Å². The van der Waals surface area contributed by atoms with Crippen LogP contribution in [0.5, 0.6) is 23.0 Å². The van der Waals surface area contributed by atoms with Crippen molar-refractivity contribution in [3.8, 4) is 23.0 Å². The van der Waals surface area contributed by atoms with Crippen molar-refractivity contribution >= 4 is 22.6 Å². The van der Waals surface area contributed by atoms with Crippen molar-refractivity contribution in [3.63, 3.8) is 0 Å². The van der Waals surface area contributed by atoms with Crippen molar-refractivity contribution in [2.45, 2.75) is 13.1 Å². The molecule has 0 saturated carbocycles. The van der Waals surface area contributed by atoms with Gasteiger partial charge in [-0.2, -0.15) is 0 Å². The lowest BCUT2D eigenvalue weighted by atomic mass is 10.1. The fourth-order valence-corrected chi connectivity index (χ4v) is 4.08. The number of aromatic nitrogens is 1. The van der Waals surface area contributed by atoms with E-state index in [0.29, 0.717) is 39.8 Å². The Bertz CT molecular complexity index is 1480. The van der Waals surface area contributed by atoms with E-state index in [1.807, 2.05) is 36.4 Å². The molecule has 36 heavy (non-hydrogen) atoms. The quantitative estimate of drug-likeness (QED) is 0.398. The molecule has 1 aliphatic rings. The second kappa shape index (κ2) is 9.91. The molecular formula is C27H25N3O6. The predicted molar refractivity (Wildman–Crippen MR) is 135 cm³/mol. The van der Waals surface area contributed by atoms with Gasteiger partial charge in [-0.15, -0.1) is 0 Å². The van der Waals surface area contributed by atoms with Crippen LogP contribution >= 0.6 is 0 Å². The summed E-state index contributed by atoms with van der Waals surface area (Å²) >= 11 is 0. The number of benzene rings is 3. The molecule has 4 aromatic rings. The van der Waals surface area contributed by atoms with Gasteiger partial charge in [-0.1, -0.05) is 18.2 Å². The molecule has 2 heterocycles. The summed E-state index contributed by atoms with van der Waals surface area (Å²) in [6, 6.07) is 19.5. The van der Waals surface area contributed by atoms with Crippen LogP contribution in [0.25, 0.3) is 10.9 Å². The number of methoxy groups -OCH3 is 2. The number of carbonyl (C=O) groups excluding carboxylic acids is 1. The van der Waals surface area contributed by atoms with Gasteiger partial charge in [0.05, 0.1) is 26.5 Å². The topological polar surface area (TPSA) is 102 Å². The minimum Gasteiger partial charge on any atom is -0.497 e. The summed E-state index contributed by atoms with van der Waals surface area (Å²) < 4.78 is 21.6. The number of fused-ring (bicyclic) bond motifs is 2. The summed E-state index contributed by atoms with van der Waals surface area (Å²) in [4.78, 5) is 30.8. The molecule has 3 aromatic carbocycles. The number of aromatic amines is 1. The van der Waals surface area contributed by atoms with Gasteiger partial charge in [-0.25, -0.2) is 4.79 Å².